The fraction of sp³-hybridized carbons (Fsp3) is 0.600. The summed E-state index contributed by atoms with van der Waals surface area (Å²) in [5, 5.41) is 10.2. The van der Waals surface area contributed by atoms with Crippen LogP contribution in [-0.2, 0) is 0 Å². The largest absolute Gasteiger partial charge is 0.490 e. The van der Waals surface area contributed by atoms with Crippen molar-refractivity contribution in [1.82, 2.24) is 0 Å². The van der Waals surface area contributed by atoms with Crippen LogP contribution >= 0.6 is 0 Å². The van der Waals surface area contributed by atoms with Crippen LogP contribution in [0.1, 0.15) is 51.6 Å². The van der Waals surface area contributed by atoms with Gasteiger partial charge in [0.25, 0.3) is 0 Å². The second-order valence-corrected chi connectivity index (χ2v) is 4.77. The number of para-hydroxylation sites is 1. The molecule has 102 valence electrons. The number of hydrogen-bond acceptors (Lipinski definition) is 3. The van der Waals surface area contributed by atoms with Crippen LogP contribution in [0.25, 0.3) is 0 Å². The van der Waals surface area contributed by atoms with Crippen LogP contribution in [0, 0.1) is 0 Å². The molecular weight excluding hydrogens is 226 g/mol. The molecule has 3 heteroatoms. The Balaban J connectivity index is 2.78. The van der Waals surface area contributed by atoms with Crippen LogP contribution < -0.4 is 10.5 Å². The summed E-state index contributed by atoms with van der Waals surface area (Å²) < 4.78 is 5.78. The van der Waals surface area contributed by atoms with E-state index in [0.717, 1.165) is 17.7 Å². The van der Waals surface area contributed by atoms with Crippen LogP contribution in [0.4, 0.5) is 0 Å². The Hall–Kier alpha value is -1.06. The molecule has 0 saturated heterocycles. The highest BCUT2D eigenvalue weighted by Crippen LogP contribution is 2.27. The summed E-state index contributed by atoms with van der Waals surface area (Å²) in [5.74, 6) is 0.784. The van der Waals surface area contributed by atoms with Gasteiger partial charge in [-0.25, -0.2) is 0 Å². The van der Waals surface area contributed by atoms with Crippen molar-refractivity contribution in [2.75, 3.05) is 6.61 Å². The molecule has 0 fully saturated rings. The minimum absolute atomic E-state index is 0.0162. The van der Waals surface area contributed by atoms with Crippen LogP contribution in [0.5, 0.6) is 5.75 Å². The topological polar surface area (TPSA) is 55.5 Å². The van der Waals surface area contributed by atoms with E-state index in [0.29, 0.717) is 19.4 Å². The molecule has 0 bridgehead atoms. The van der Waals surface area contributed by atoms with Crippen molar-refractivity contribution in [3.8, 4) is 5.75 Å². The summed E-state index contributed by atoms with van der Waals surface area (Å²) >= 11 is 0. The summed E-state index contributed by atoms with van der Waals surface area (Å²) in [6.07, 6.45) is 2.24. The quantitative estimate of drug-likeness (QED) is 0.783. The van der Waals surface area contributed by atoms with Gasteiger partial charge in [-0.3, -0.25) is 0 Å². The molecule has 0 radical (unpaired) electrons. The maximum atomic E-state index is 10.2. The fourth-order valence-corrected chi connectivity index (χ4v) is 1.80. The van der Waals surface area contributed by atoms with Crippen molar-refractivity contribution in [3.05, 3.63) is 29.8 Å². The van der Waals surface area contributed by atoms with Crippen molar-refractivity contribution in [1.29, 1.82) is 0 Å². The molecular formula is C15H25NO2. The van der Waals surface area contributed by atoms with Crippen molar-refractivity contribution >= 4 is 0 Å². The Labute approximate surface area is 110 Å². The number of ether oxygens (including phenoxy) is 1. The Morgan fingerprint density at radius 2 is 1.83 bits per heavy atom. The van der Waals surface area contributed by atoms with Gasteiger partial charge in [-0.05, 0) is 25.3 Å². The molecule has 1 aromatic carbocycles. The lowest BCUT2D eigenvalue weighted by Crippen LogP contribution is -2.34. The van der Waals surface area contributed by atoms with E-state index in [9.17, 15) is 5.11 Å². The highest BCUT2D eigenvalue weighted by atomic mass is 16.5. The number of nitrogens with two attached hydrogens (primary N) is 1. The monoisotopic (exact) mass is 251 g/mol. The van der Waals surface area contributed by atoms with Gasteiger partial charge in [0.15, 0.2) is 0 Å². The van der Waals surface area contributed by atoms with Gasteiger partial charge >= 0.3 is 0 Å². The van der Waals surface area contributed by atoms with Crippen LogP contribution in [0.2, 0.25) is 0 Å². The highest BCUT2D eigenvalue weighted by molar-refractivity contribution is 5.35. The highest BCUT2D eigenvalue weighted by Gasteiger charge is 2.23. The first-order valence-corrected chi connectivity index (χ1v) is 6.76. The third kappa shape index (κ3) is 3.72. The summed E-state index contributed by atoms with van der Waals surface area (Å²) in [6.45, 7) is 6.30. The third-order valence-electron chi connectivity index (χ3n) is 3.57. The van der Waals surface area contributed by atoms with E-state index in [-0.39, 0.29) is 6.04 Å². The van der Waals surface area contributed by atoms with Gasteiger partial charge in [0, 0.05) is 11.6 Å². The minimum atomic E-state index is -0.747. The van der Waals surface area contributed by atoms with E-state index in [1.807, 2.05) is 38.1 Å². The average molecular weight is 251 g/mol. The zero-order chi connectivity index (χ0) is 13.6. The molecule has 0 saturated carbocycles. The standard InChI is InChI=1S/C15H25NO2/c1-4-13(16)12-9-7-8-10-14(12)18-11-15(17,5-2)6-3/h7-10,13,17H,4-6,11,16H2,1-3H3. The van der Waals surface area contributed by atoms with Gasteiger partial charge in [-0.2, -0.15) is 0 Å². The summed E-state index contributed by atoms with van der Waals surface area (Å²) in [4.78, 5) is 0. The van der Waals surface area contributed by atoms with E-state index in [2.05, 4.69) is 6.92 Å². The summed E-state index contributed by atoms with van der Waals surface area (Å²) in [6, 6.07) is 7.77. The number of hydrogen-bond donors (Lipinski definition) is 2. The van der Waals surface area contributed by atoms with Gasteiger partial charge in [-0.15, -0.1) is 0 Å². The first kappa shape index (κ1) is 15.0. The molecule has 0 amide bonds. The van der Waals surface area contributed by atoms with E-state index in [1.165, 1.54) is 0 Å². The lowest BCUT2D eigenvalue weighted by molar-refractivity contribution is -0.0116. The molecule has 18 heavy (non-hydrogen) atoms. The maximum Gasteiger partial charge on any atom is 0.124 e. The molecule has 1 rings (SSSR count). The SMILES string of the molecule is CCC(N)c1ccccc1OCC(O)(CC)CC. The number of rotatable bonds is 7. The molecule has 1 unspecified atom stereocenters. The molecule has 3 nitrogen and oxygen atoms in total. The van der Waals surface area contributed by atoms with Crippen LogP contribution in [0.3, 0.4) is 0 Å². The average Bonchev–Trinajstić information content (AvgIpc) is 2.44. The normalized spacial score (nSPS) is 13.4. The predicted molar refractivity (Wildman–Crippen MR) is 74.7 cm³/mol. The molecule has 0 aromatic heterocycles. The Bertz CT molecular complexity index is 361. The number of benzene rings is 1. The fourth-order valence-electron chi connectivity index (χ4n) is 1.80. The molecule has 3 N–H and O–H groups in total. The molecule has 0 spiro atoms. The van der Waals surface area contributed by atoms with Gasteiger partial charge in [0.2, 0.25) is 0 Å². The molecule has 0 heterocycles. The predicted octanol–water partition coefficient (Wildman–Crippen LogP) is 3.03. The van der Waals surface area contributed by atoms with E-state index < -0.39 is 5.60 Å². The molecule has 1 atom stereocenters. The lowest BCUT2D eigenvalue weighted by atomic mass is 9.99. The lowest BCUT2D eigenvalue weighted by Gasteiger charge is -2.26. The van der Waals surface area contributed by atoms with Gasteiger partial charge < -0.3 is 15.6 Å². The number of aliphatic hydroxyl groups is 1. The van der Waals surface area contributed by atoms with Crippen molar-refractivity contribution in [3.63, 3.8) is 0 Å². The zero-order valence-corrected chi connectivity index (χ0v) is 11.6. The van der Waals surface area contributed by atoms with Gasteiger partial charge in [0.1, 0.15) is 12.4 Å². The van der Waals surface area contributed by atoms with Crippen molar-refractivity contribution < 1.29 is 9.84 Å². The molecule has 1 aromatic rings. The minimum Gasteiger partial charge on any atom is -0.490 e. The van der Waals surface area contributed by atoms with E-state index in [4.69, 9.17) is 10.5 Å². The van der Waals surface area contributed by atoms with Crippen molar-refractivity contribution in [2.45, 2.75) is 51.7 Å². The summed E-state index contributed by atoms with van der Waals surface area (Å²) in [5.41, 5.74) is 6.32. The Morgan fingerprint density at radius 3 is 2.39 bits per heavy atom. The molecule has 0 aliphatic heterocycles. The zero-order valence-electron chi connectivity index (χ0n) is 11.6. The van der Waals surface area contributed by atoms with E-state index >= 15 is 0 Å². The molecule has 0 aliphatic rings. The second-order valence-electron chi connectivity index (χ2n) is 4.77. The first-order valence-electron chi connectivity index (χ1n) is 6.76. The molecule has 0 aliphatic carbocycles. The summed E-state index contributed by atoms with van der Waals surface area (Å²) in [7, 11) is 0. The van der Waals surface area contributed by atoms with E-state index in [1.54, 1.807) is 0 Å². The van der Waals surface area contributed by atoms with Gasteiger partial charge in [0.05, 0.1) is 5.60 Å². The first-order chi connectivity index (χ1) is 8.56. The van der Waals surface area contributed by atoms with Crippen LogP contribution in [-0.4, -0.2) is 17.3 Å². The second kappa shape index (κ2) is 6.76. The van der Waals surface area contributed by atoms with Gasteiger partial charge in [-0.1, -0.05) is 39.0 Å². The third-order valence-corrected chi connectivity index (χ3v) is 3.57. The smallest absolute Gasteiger partial charge is 0.124 e. The Kier molecular flexibility index (Phi) is 5.63. The van der Waals surface area contributed by atoms with Crippen LogP contribution in [0.15, 0.2) is 24.3 Å². The maximum absolute atomic E-state index is 10.2. The Morgan fingerprint density at radius 1 is 1.22 bits per heavy atom. The van der Waals surface area contributed by atoms with Crippen molar-refractivity contribution in [2.24, 2.45) is 5.73 Å².